The summed E-state index contributed by atoms with van der Waals surface area (Å²) < 4.78 is 0. The molecular formula is C6H10N4O. The Hall–Kier alpha value is -1.09. The molecule has 0 atom stereocenters. The maximum absolute atomic E-state index is 10.2. The third-order valence-corrected chi connectivity index (χ3v) is 1.98. The predicted octanol–water partition coefficient (Wildman–Crippen LogP) is 2.38. The quantitative estimate of drug-likeness (QED) is 0.197. The maximum atomic E-state index is 10.2. The van der Waals surface area contributed by atoms with Gasteiger partial charge in [-0.05, 0) is 31.2 Å². The highest BCUT2D eigenvalue weighted by Crippen LogP contribution is 2.43. The third kappa shape index (κ3) is 2.20. The van der Waals surface area contributed by atoms with Gasteiger partial charge in [-0.25, -0.2) is 0 Å². The van der Waals surface area contributed by atoms with E-state index in [-0.39, 0.29) is 5.54 Å². The summed E-state index contributed by atoms with van der Waals surface area (Å²) >= 11 is 0. The molecule has 1 aliphatic rings. The molecular weight excluding hydrogens is 144 g/mol. The summed E-state index contributed by atoms with van der Waals surface area (Å²) in [5, 5.41) is 6.42. The van der Waals surface area contributed by atoms with Gasteiger partial charge in [-0.1, -0.05) is 10.3 Å². The van der Waals surface area contributed by atoms with Crippen LogP contribution in [0.15, 0.2) is 10.3 Å². The summed E-state index contributed by atoms with van der Waals surface area (Å²) in [4.78, 5) is 12.8. The van der Waals surface area contributed by atoms with E-state index in [4.69, 9.17) is 5.53 Å². The fourth-order valence-electron chi connectivity index (χ4n) is 1.05. The van der Waals surface area contributed by atoms with Crippen molar-refractivity contribution in [3.63, 3.8) is 0 Å². The number of hydrogen-bond donors (Lipinski definition) is 0. The van der Waals surface area contributed by atoms with Crippen molar-refractivity contribution in [2.24, 2.45) is 10.3 Å². The number of azide groups is 1. The summed E-state index contributed by atoms with van der Waals surface area (Å²) in [6.07, 6.45) is 3.37. The molecule has 0 aliphatic heterocycles. The normalized spacial score (nSPS) is 18.5. The Balaban J connectivity index is 2.12. The van der Waals surface area contributed by atoms with Crippen LogP contribution in [-0.4, -0.2) is 12.1 Å². The molecule has 0 unspecified atom stereocenters. The van der Waals surface area contributed by atoms with Crippen molar-refractivity contribution in [3.8, 4) is 0 Å². The molecule has 5 nitrogen and oxygen atoms in total. The van der Waals surface area contributed by atoms with E-state index in [1.54, 1.807) is 0 Å². The van der Waals surface area contributed by atoms with Gasteiger partial charge in [-0.2, -0.15) is 4.91 Å². The summed E-state index contributed by atoms with van der Waals surface area (Å²) in [6.45, 7) is 0.480. The monoisotopic (exact) mass is 154 g/mol. The van der Waals surface area contributed by atoms with E-state index >= 15 is 0 Å². The number of rotatable bonds is 5. The minimum absolute atomic E-state index is 0.273. The minimum Gasteiger partial charge on any atom is -0.150 e. The van der Waals surface area contributed by atoms with Crippen LogP contribution in [0.1, 0.15) is 25.7 Å². The lowest BCUT2D eigenvalue weighted by atomic mass is 10.1. The van der Waals surface area contributed by atoms with Gasteiger partial charge in [0.25, 0.3) is 0 Å². The first-order valence-electron chi connectivity index (χ1n) is 3.68. The average molecular weight is 154 g/mol. The molecule has 0 aromatic carbocycles. The summed E-state index contributed by atoms with van der Waals surface area (Å²) in [5.41, 5.74) is 7.67. The van der Waals surface area contributed by atoms with Crippen LogP contribution in [0, 0.1) is 4.91 Å². The molecule has 0 aromatic heterocycles. The second-order valence-electron chi connectivity index (χ2n) is 2.87. The summed E-state index contributed by atoms with van der Waals surface area (Å²) in [7, 11) is 0. The Morgan fingerprint density at radius 1 is 1.55 bits per heavy atom. The lowest BCUT2D eigenvalue weighted by Gasteiger charge is -2.01. The van der Waals surface area contributed by atoms with Crippen LogP contribution in [0.2, 0.25) is 0 Å². The van der Waals surface area contributed by atoms with Crippen LogP contribution < -0.4 is 0 Å². The van der Waals surface area contributed by atoms with E-state index in [2.05, 4.69) is 15.2 Å². The van der Waals surface area contributed by atoms with E-state index in [1.807, 2.05) is 0 Å². The highest BCUT2D eigenvalue weighted by Gasteiger charge is 2.43. The Morgan fingerprint density at radius 2 is 2.27 bits per heavy atom. The van der Waals surface area contributed by atoms with Crippen molar-refractivity contribution in [1.82, 2.24) is 0 Å². The lowest BCUT2D eigenvalue weighted by molar-refractivity contribution is 0.579. The third-order valence-electron chi connectivity index (χ3n) is 1.98. The summed E-state index contributed by atoms with van der Waals surface area (Å²) in [5.74, 6) is 0. The van der Waals surface area contributed by atoms with Crippen LogP contribution in [0.25, 0.3) is 10.4 Å². The van der Waals surface area contributed by atoms with Gasteiger partial charge in [0, 0.05) is 11.5 Å². The molecule has 1 saturated carbocycles. The number of hydrogen-bond acceptors (Lipinski definition) is 3. The van der Waals surface area contributed by atoms with Crippen molar-refractivity contribution in [3.05, 3.63) is 15.3 Å². The zero-order valence-electron chi connectivity index (χ0n) is 6.23. The van der Waals surface area contributed by atoms with Gasteiger partial charge in [0.05, 0.1) is 0 Å². The smallest absolute Gasteiger partial charge is 0.103 e. The second kappa shape index (κ2) is 3.34. The van der Waals surface area contributed by atoms with E-state index in [9.17, 15) is 4.91 Å². The van der Waals surface area contributed by atoms with E-state index in [0.29, 0.717) is 6.54 Å². The highest BCUT2D eigenvalue weighted by molar-refractivity contribution is 5.01. The van der Waals surface area contributed by atoms with Crippen LogP contribution in [0.5, 0.6) is 0 Å². The van der Waals surface area contributed by atoms with Gasteiger partial charge in [-0.3, -0.25) is 0 Å². The molecule has 0 amide bonds. The number of nitrogens with zero attached hydrogens (tertiary/aromatic N) is 4. The van der Waals surface area contributed by atoms with Crippen LogP contribution in [0.3, 0.4) is 0 Å². The molecule has 0 spiro atoms. The molecule has 1 rings (SSSR count). The Kier molecular flexibility index (Phi) is 2.44. The SMILES string of the molecule is [N-]=[N+]=NCCCC1(N=O)CC1. The first kappa shape index (κ1) is 8.01. The lowest BCUT2D eigenvalue weighted by Crippen LogP contribution is -2.03. The van der Waals surface area contributed by atoms with E-state index in [0.717, 1.165) is 25.7 Å². The Morgan fingerprint density at radius 3 is 2.73 bits per heavy atom. The van der Waals surface area contributed by atoms with E-state index < -0.39 is 0 Å². The zero-order valence-corrected chi connectivity index (χ0v) is 6.23. The second-order valence-corrected chi connectivity index (χ2v) is 2.87. The van der Waals surface area contributed by atoms with E-state index in [1.165, 1.54) is 0 Å². The fourth-order valence-corrected chi connectivity index (χ4v) is 1.05. The molecule has 0 aromatic rings. The number of nitroso groups, excluding NO2 is 1. The molecule has 0 N–H and O–H groups in total. The molecule has 0 heterocycles. The van der Waals surface area contributed by atoms with Gasteiger partial charge >= 0.3 is 0 Å². The van der Waals surface area contributed by atoms with Gasteiger partial charge in [0.1, 0.15) is 5.54 Å². The van der Waals surface area contributed by atoms with Crippen LogP contribution in [0.4, 0.5) is 0 Å². The first-order chi connectivity index (χ1) is 5.33. The first-order valence-corrected chi connectivity index (χ1v) is 3.68. The largest absolute Gasteiger partial charge is 0.150 e. The Labute approximate surface area is 64.4 Å². The average Bonchev–Trinajstić information content (AvgIpc) is 2.80. The molecule has 5 heteroatoms. The van der Waals surface area contributed by atoms with Crippen LogP contribution >= 0.6 is 0 Å². The zero-order chi connectivity index (χ0) is 8.16. The van der Waals surface area contributed by atoms with Gasteiger partial charge < -0.3 is 0 Å². The maximum Gasteiger partial charge on any atom is 0.103 e. The van der Waals surface area contributed by atoms with Gasteiger partial charge in [0.15, 0.2) is 0 Å². The van der Waals surface area contributed by atoms with Crippen molar-refractivity contribution in [2.75, 3.05) is 6.54 Å². The Bertz CT molecular complexity index is 193. The molecule has 60 valence electrons. The molecule has 0 bridgehead atoms. The standard InChI is InChI=1S/C6H10N4O/c7-10-8-5-1-2-6(9-11)3-4-6/h1-5H2. The topological polar surface area (TPSA) is 78.2 Å². The van der Waals surface area contributed by atoms with Crippen molar-refractivity contribution >= 4 is 0 Å². The van der Waals surface area contributed by atoms with Gasteiger partial charge in [0.2, 0.25) is 0 Å². The molecule has 11 heavy (non-hydrogen) atoms. The summed E-state index contributed by atoms with van der Waals surface area (Å²) in [6, 6.07) is 0. The van der Waals surface area contributed by atoms with Crippen molar-refractivity contribution in [1.29, 1.82) is 0 Å². The fraction of sp³-hybridized carbons (Fsp3) is 1.00. The molecule has 0 radical (unpaired) electrons. The molecule has 1 aliphatic carbocycles. The predicted molar refractivity (Wildman–Crippen MR) is 41.0 cm³/mol. The van der Waals surface area contributed by atoms with Crippen molar-refractivity contribution < 1.29 is 0 Å². The molecule has 1 fully saturated rings. The highest BCUT2D eigenvalue weighted by atomic mass is 16.3. The van der Waals surface area contributed by atoms with Crippen LogP contribution in [-0.2, 0) is 0 Å². The molecule has 0 saturated heterocycles. The van der Waals surface area contributed by atoms with Gasteiger partial charge in [-0.15, -0.1) is 0 Å². The minimum atomic E-state index is -0.273. The van der Waals surface area contributed by atoms with Crippen molar-refractivity contribution in [2.45, 2.75) is 31.2 Å².